The van der Waals surface area contributed by atoms with Crippen molar-refractivity contribution in [3.05, 3.63) is 64.5 Å². The van der Waals surface area contributed by atoms with E-state index in [1.165, 1.54) is 23.9 Å². The second-order valence-corrected chi connectivity index (χ2v) is 7.57. The molecule has 3 aromatic rings. The van der Waals surface area contributed by atoms with Crippen LogP contribution in [-0.4, -0.2) is 38.5 Å². The summed E-state index contributed by atoms with van der Waals surface area (Å²) in [5.41, 5.74) is -0.00312. The molecule has 11 heteroatoms. The number of thioether (sulfide) groups is 1. The van der Waals surface area contributed by atoms with E-state index < -0.39 is 4.92 Å². The van der Waals surface area contributed by atoms with Crippen LogP contribution < -0.4 is 14.8 Å². The number of benzene rings is 2. The van der Waals surface area contributed by atoms with Crippen LogP contribution in [0.5, 0.6) is 11.5 Å². The molecular weight excluding hydrogens is 434 g/mol. The molecule has 1 amide bonds. The molecule has 0 aliphatic rings. The molecule has 168 valence electrons. The zero-order valence-corrected chi connectivity index (χ0v) is 18.7. The van der Waals surface area contributed by atoms with E-state index in [4.69, 9.17) is 9.47 Å². The smallest absolute Gasteiger partial charge is 0.292 e. The van der Waals surface area contributed by atoms with Crippen molar-refractivity contribution >= 4 is 29.0 Å². The Balaban J connectivity index is 1.64. The highest BCUT2D eigenvalue weighted by atomic mass is 32.2. The minimum Gasteiger partial charge on any atom is -0.497 e. The van der Waals surface area contributed by atoms with E-state index in [0.29, 0.717) is 23.3 Å². The number of ether oxygens (including phenoxy) is 2. The van der Waals surface area contributed by atoms with Crippen LogP contribution in [0.15, 0.2) is 53.7 Å². The topological polar surface area (TPSA) is 121 Å². The predicted octanol–water partition coefficient (Wildman–Crippen LogP) is 4.09. The lowest BCUT2D eigenvalue weighted by Crippen LogP contribution is -2.16. The zero-order chi connectivity index (χ0) is 23.1. The molecule has 0 radical (unpaired) electrons. The van der Waals surface area contributed by atoms with Crippen molar-refractivity contribution in [2.45, 2.75) is 31.7 Å². The van der Waals surface area contributed by atoms with E-state index in [9.17, 15) is 14.9 Å². The maximum Gasteiger partial charge on any atom is 0.292 e. The molecule has 0 spiro atoms. The van der Waals surface area contributed by atoms with Crippen molar-refractivity contribution in [1.29, 1.82) is 0 Å². The van der Waals surface area contributed by atoms with E-state index in [0.717, 1.165) is 5.75 Å². The van der Waals surface area contributed by atoms with Gasteiger partial charge in [0, 0.05) is 12.6 Å². The number of carbonyl (C=O) groups is 1. The number of nitrogens with one attached hydrogen (secondary N) is 1. The third-order valence-electron chi connectivity index (χ3n) is 4.50. The number of aromatic nitrogens is 3. The van der Waals surface area contributed by atoms with E-state index >= 15 is 0 Å². The molecule has 0 saturated carbocycles. The van der Waals surface area contributed by atoms with Gasteiger partial charge in [0.1, 0.15) is 17.2 Å². The summed E-state index contributed by atoms with van der Waals surface area (Å²) in [5, 5.41) is 22.7. The standard InChI is InChI=1S/C21H23N5O5S/c1-4-25-20(14(2)31-16-11-9-15(30-3)10-12-16)23-24-21(25)32-13-19(27)22-17-7-5-6-8-18(17)26(28)29/h5-12,14H,4,13H2,1-3H3,(H,22,27). The number of rotatable bonds is 10. The van der Waals surface area contributed by atoms with Crippen LogP contribution >= 0.6 is 11.8 Å². The van der Waals surface area contributed by atoms with Gasteiger partial charge >= 0.3 is 0 Å². The molecule has 1 heterocycles. The second kappa shape index (κ2) is 10.6. The molecule has 0 saturated heterocycles. The molecular formula is C21H23N5O5S. The second-order valence-electron chi connectivity index (χ2n) is 6.63. The minimum atomic E-state index is -0.535. The first-order chi connectivity index (χ1) is 15.4. The lowest BCUT2D eigenvalue weighted by Gasteiger charge is -2.15. The summed E-state index contributed by atoms with van der Waals surface area (Å²) in [7, 11) is 1.60. The third-order valence-corrected chi connectivity index (χ3v) is 5.47. The Labute approximate surface area is 189 Å². The molecule has 0 fully saturated rings. The Morgan fingerprint density at radius 3 is 2.53 bits per heavy atom. The lowest BCUT2D eigenvalue weighted by atomic mass is 10.2. The Hall–Kier alpha value is -3.60. The molecule has 10 nitrogen and oxygen atoms in total. The molecule has 0 bridgehead atoms. The van der Waals surface area contributed by atoms with Crippen LogP contribution in [0.4, 0.5) is 11.4 Å². The molecule has 2 aromatic carbocycles. The average molecular weight is 458 g/mol. The number of hydrogen-bond acceptors (Lipinski definition) is 8. The molecule has 32 heavy (non-hydrogen) atoms. The van der Waals surface area contributed by atoms with Gasteiger partial charge in [0.25, 0.3) is 5.69 Å². The third kappa shape index (κ3) is 5.55. The summed E-state index contributed by atoms with van der Waals surface area (Å²) in [6.45, 7) is 4.41. The van der Waals surface area contributed by atoms with Crippen molar-refractivity contribution in [3.63, 3.8) is 0 Å². The summed E-state index contributed by atoms with van der Waals surface area (Å²) in [4.78, 5) is 22.9. The lowest BCUT2D eigenvalue weighted by molar-refractivity contribution is -0.383. The SMILES string of the molecule is CCn1c(SCC(=O)Nc2ccccc2[N+](=O)[O-])nnc1C(C)Oc1ccc(OC)cc1. The summed E-state index contributed by atoms with van der Waals surface area (Å²) in [6, 6.07) is 13.2. The van der Waals surface area contributed by atoms with E-state index in [2.05, 4.69) is 15.5 Å². The Morgan fingerprint density at radius 1 is 1.19 bits per heavy atom. The first kappa shape index (κ1) is 23.1. The first-order valence-corrected chi connectivity index (χ1v) is 10.8. The average Bonchev–Trinajstić information content (AvgIpc) is 3.21. The van der Waals surface area contributed by atoms with Crippen molar-refractivity contribution < 1.29 is 19.2 Å². The number of carbonyl (C=O) groups excluding carboxylic acids is 1. The number of para-hydroxylation sites is 2. The molecule has 1 unspecified atom stereocenters. The fraction of sp³-hybridized carbons (Fsp3) is 0.286. The van der Waals surface area contributed by atoms with Gasteiger partial charge < -0.3 is 19.4 Å². The van der Waals surface area contributed by atoms with Gasteiger partial charge in [-0.25, -0.2) is 0 Å². The van der Waals surface area contributed by atoms with Crippen LogP contribution in [0, 0.1) is 10.1 Å². The predicted molar refractivity (Wildman–Crippen MR) is 120 cm³/mol. The quantitative estimate of drug-likeness (QED) is 0.274. The number of nitro groups is 1. The van der Waals surface area contributed by atoms with Gasteiger partial charge in [0.15, 0.2) is 17.1 Å². The monoisotopic (exact) mass is 457 g/mol. The van der Waals surface area contributed by atoms with Crippen LogP contribution in [0.2, 0.25) is 0 Å². The van der Waals surface area contributed by atoms with Crippen LogP contribution in [0.1, 0.15) is 25.8 Å². The maximum absolute atomic E-state index is 12.3. The highest BCUT2D eigenvalue weighted by Crippen LogP contribution is 2.27. The van der Waals surface area contributed by atoms with Gasteiger partial charge in [-0.15, -0.1) is 10.2 Å². The molecule has 1 aromatic heterocycles. The summed E-state index contributed by atoms with van der Waals surface area (Å²) < 4.78 is 13.0. The van der Waals surface area contributed by atoms with Crippen molar-refractivity contribution in [1.82, 2.24) is 14.8 Å². The van der Waals surface area contributed by atoms with Gasteiger partial charge in [0.05, 0.1) is 17.8 Å². The maximum atomic E-state index is 12.3. The van der Waals surface area contributed by atoms with E-state index in [-0.39, 0.29) is 29.1 Å². The van der Waals surface area contributed by atoms with Crippen LogP contribution in [-0.2, 0) is 11.3 Å². The number of nitro benzene ring substituents is 1. The summed E-state index contributed by atoms with van der Waals surface area (Å²) in [6.07, 6.45) is -0.369. The van der Waals surface area contributed by atoms with Crippen LogP contribution in [0.3, 0.4) is 0 Å². The van der Waals surface area contributed by atoms with Gasteiger partial charge in [-0.3, -0.25) is 14.9 Å². The minimum absolute atomic E-state index is 0.0257. The fourth-order valence-electron chi connectivity index (χ4n) is 2.97. The van der Waals surface area contributed by atoms with E-state index in [1.807, 2.05) is 42.7 Å². The number of amides is 1. The van der Waals surface area contributed by atoms with Crippen LogP contribution in [0.25, 0.3) is 0 Å². The van der Waals surface area contributed by atoms with Crippen molar-refractivity contribution in [3.8, 4) is 11.5 Å². The molecule has 0 aliphatic heterocycles. The van der Waals surface area contributed by atoms with Crippen molar-refractivity contribution in [2.24, 2.45) is 0 Å². The number of methoxy groups -OCH3 is 1. The summed E-state index contributed by atoms with van der Waals surface area (Å²) in [5.74, 6) is 1.68. The first-order valence-electron chi connectivity index (χ1n) is 9.82. The number of hydrogen-bond donors (Lipinski definition) is 1. The molecule has 1 atom stereocenters. The van der Waals surface area contributed by atoms with Gasteiger partial charge in [-0.05, 0) is 44.2 Å². The Morgan fingerprint density at radius 2 is 1.88 bits per heavy atom. The zero-order valence-electron chi connectivity index (χ0n) is 17.8. The normalized spacial score (nSPS) is 11.6. The highest BCUT2D eigenvalue weighted by Gasteiger charge is 2.20. The van der Waals surface area contributed by atoms with Crippen molar-refractivity contribution in [2.75, 3.05) is 18.2 Å². The molecule has 3 rings (SSSR count). The largest absolute Gasteiger partial charge is 0.497 e. The molecule has 1 N–H and O–H groups in total. The fourth-order valence-corrected chi connectivity index (χ4v) is 3.78. The number of anilines is 1. The van der Waals surface area contributed by atoms with E-state index in [1.54, 1.807) is 19.2 Å². The highest BCUT2D eigenvalue weighted by molar-refractivity contribution is 7.99. The van der Waals surface area contributed by atoms with Gasteiger partial charge in [-0.1, -0.05) is 23.9 Å². The summed E-state index contributed by atoms with van der Waals surface area (Å²) >= 11 is 1.20. The van der Waals surface area contributed by atoms with Gasteiger partial charge in [-0.2, -0.15) is 0 Å². The molecule has 0 aliphatic carbocycles. The Bertz CT molecular complexity index is 1090. The Kier molecular flexibility index (Phi) is 7.66. The van der Waals surface area contributed by atoms with Gasteiger partial charge in [0.2, 0.25) is 5.91 Å². The number of nitrogens with zero attached hydrogens (tertiary/aromatic N) is 4.